The minimum absolute atomic E-state index is 0.299. The number of nitrogens with zero attached hydrogens (tertiary/aromatic N) is 1. The van der Waals surface area contributed by atoms with Crippen molar-refractivity contribution < 1.29 is 14.4 Å². The van der Waals surface area contributed by atoms with Crippen LogP contribution in [0.4, 0.5) is 10.5 Å². The number of carbonyl (C=O) groups is 3. The number of urea groups is 1. The molecule has 0 spiro atoms. The van der Waals surface area contributed by atoms with Crippen molar-refractivity contribution in [3.05, 3.63) is 28.8 Å². The average molecular weight is 309 g/mol. The Bertz CT molecular complexity index is 601. The Morgan fingerprint density at radius 1 is 1.38 bits per heavy atom. The van der Waals surface area contributed by atoms with E-state index in [1.54, 1.807) is 18.2 Å². The second-order valence-corrected chi connectivity index (χ2v) is 5.44. The number of rotatable bonds is 4. The third-order valence-corrected chi connectivity index (χ3v) is 3.66. The van der Waals surface area contributed by atoms with Crippen molar-refractivity contribution >= 4 is 35.0 Å². The normalized spacial score (nSPS) is 16.8. The smallest absolute Gasteiger partial charge is 0.328 e. The molecule has 0 saturated heterocycles. The van der Waals surface area contributed by atoms with Gasteiger partial charge < -0.3 is 5.32 Å². The Morgan fingerprint density at radius 3 is 2.71 bits per heavy atom. The summed E-state index contributed by atoms with van der Waals surface area (Å²) in [6.45, 7) is 3.84. The number of hydrogen-bond donors (Lipinski definition) is 1. The van der Waals surface area contributed by atoms with E-state index in [9.17, 15) is 14.4 Å². The molecule has 3 amide bonds. The van der Waals surface area contributed by atoms with E-state index in [2.05, 4.69) is 5.32 Å². The van der Waals surface area contributed by atoms with Gasteiger partial charge in [-0.1, -0.05) is 24.9 Å². The molecular weight excluding hydrogens is 292 g/mol. The van der Waals surface area contributed by atoms with Gasteiger partial charge in [0, 0.05) is 11.6 Å². The number of amides is 3. The summed E-state index contributed by atoms with van der Waals surface area (Å²) < 4.78 is 0. The minimum atomic E-state index is -0.948. The van der Waals surface area contributed by atoms with E-state index >= 15 is 0 Å². The highest BCUT2D eigenvalue weighted by molar-refractivity contribution is 6.32. The highest BCUT2D eigenvalue weighted by atomic mass is 35.5. The standard InChI is InChI=1S/C15H17ClN2O3/c1-3-4-7-17-15(21)18-12-6-5-10(16)8-11(12)13(9(2)19)14(18)20/h5-6,8,13H,3-4,7H2,1-2H3,(H,17,21). The van der Waals surface area contributed by atoms with Crippen LogP contribution >= 0.6 is 11.6 Å². The number of unbranched alkanes of at least 4 members (excludes halogenated alkanes) is 1. The van der Waals surface area contributed by atoms with Crippen LogP contribution < -0.4 is 10.2 Å². The SMILES string of the molecule is CCCCNC(=O)N1C(=O)C(C(C)=O)c2cc(Cl)ccc21. The van der Waals surface area contributed by atoms with E-state index in [0.717, 1.165) is 17.7 Å². The third kappa shape index (κ3) is 2.93. The third-order valence-electron chi connectivity index (χ3n) is 3.42. The van der Waals surface area contributed by atoms with Crippen LogP contribution in [0.3, 0.4) is 0 Å². The maximum atomic E-state index is 12.4. The summed E-state index contributed by atoms with van der Waals surface area (Å²) >= 11 is 5.93. The van der Waals surface area contributed by atoms with Gasteiger partial charge in [0.1, 0.15) is 11.7 Å². The zero-order chi connectivity index (χ0) is 15.6. The fourth-order valence-corrected chi connectivity index (χ4v) is 2.58. The van der Waals surface area contributed by atoms with Crippen LogP contribution in [-0.4, -0.2) is 24.3 Å². The first-order valence-corrected chi connectivity index (χ1v) is 7.26. The van der Waals surface area contributed by atoms with Gasteiger partial charge in [-0.25, -0.2) is 9.69 Å². The molecule has 1 unspecified atom stereocenters. The molecule has 1 N–H and O–H groups in total. The predicted molar refractivity (Wildman–Crippen MR) is 80.7 cm³/mol. The van der Waals surface area contributed by atoms with E-state index in [1.165, 1.54) is 6.92 Å². The average Bonchev–Trinajstić information content (AvgIpc) is 2.70. The van der Waals surface area contributed by atoms with E-state index in [0.29, 0.717) is 22.8 Å². The summed E-state index contributed by atoms with van der Waals surface area (Å²) in [5, 5.41) is 3.12. The molecule has 0 bridgehead atoms. The molecule has 112 valence electrons. The monoisotopic (exact) mass is 308 g/mol. The van der Waals surface area contributed by atoms with Crippen LogP contribution in [0.15, 0.2) is 18.2 Å². The molecule has 1 aliphatic heterocycles. The van der Waals surface area contributed by atoms with Gasteiger partial charge >= 0.3 is 6.03 Å². The van der Waals surface area contributed by atoms with Crippen molar-refractivity contribution in [1.82, 2.24) is 5.32 Å². The van der Waals surface area contributed by atoms with Crippen LogP contribution in [-0.2, 0) is 9.59 Å². The zero-order valence-electron chi connectivity index (χ0n) is 12.0. The van der Waals surface area contributed by atoms with Crippen molar-refractivity contribution in [2.75, 3.05) is 11.4 Å². The van der Waals surface area contributed by atoms with Gasteiger partial charge in [0.05, 0.1) is 5.69 Å². The maximum absolute atomic E-state index is 12.4. The Kier molecular flexibility index (Phi) is 4.63. The molecule has 0 fully saturated rings. The fourth-order valence-electron chi connectivity index (χ4n) is 2.39. The van der Waals surface area contributed by atoms with Crippen LogP contribution in [0.1, 0.15) is 38.2 Å². The Hall–Kier alpha value is -1.88. The first-order valence-electron chi connectivity index (χ1n) is 6.89. The second kappa shape index (κ2) is 6.26. The second-order valence-electron chi connectivity index (χ2n) is 5.01. The molecule has 1 aromatic rings. The Morgan fingerprint density at radius 2 is 2.10 bits per heavy atom. The Balaban J connectivity index is 2.34. The van der Waals surface area contributed by atoms with Crippen LogP contribution in [0.25, 0.3) is 0 Å². The molecule has 2 rings (SSSR count). The lowest BCUT2D eigenvalue weighted by Crippen LogP contribution is -2.43. The quantitative estimate of drug-likeness (QED) is 0.687. The van der Waals surface area contributed by atoms with Crippen molar-refractivity contribution in [2.24, 2.45) is 0 Å². The number of halogens is 1. The number of fused-ring (bicyclic) bond motifs is 1. The number of Topliss-reactive ketones (excluding diaryl/α,β-unsaturated/α-hetero) is 1. The van der Waals surface area contributed by atoms with Gasteiger partial charge in [-0.2, -0.15) is 0 Å². The highest BCUT2D eigenvalue weighted by Gasteiger charge is 2.43. The molecule has 1 atom stereocenters. The summed E-state index contributed by atoms with van der Waals surface area (Å²) in [5.74, 6) is -1.77. The van der Waals surface area contributed by atoms with Crippen molar-refractivity contribution in [1.29, 1.82) is 0 Å². The van der Waals surface area contributed by atoms with Crippen LogP contribution in [0.2, 0.25) is 5.02 Å². The molecule has 0 saturated carbocycles. The van der Waals surface area contributed by atoms with Crippen molar-refractivity contribution in [3.63, 3.8) is 0 Å². The maximum Gasteiger partial charge on any atom is 0.328 e. The van der Waals surface area contributed by atoms with Gasteiger partial charge in [-0.15, -0.1) is 0 Å². The summed E-state index contributed by atoms with van der Waals surface area (Å²) in [7, 11) is 0. The number of anilines is 1. The van der Waals surface area contributed by atoms with E-state index in [1.807, 2.05) is 6.92 Å². The van der Waals surface area contributed by atoms with E-state index < -0.39 is 17.9 Å². The summed E-state index contributed by atoms with van der Waals surface area (Å²) in [5.41, 5.74) is 0.921. The molecule has 0 aromatic heterocycles. The molecule has 5 nitrogen and oxygen atoms in total. The van der Waals surface area contributed by atoms with E-state index in [-0.39, 0.29) is 5.78 Å². The van der Waals surface area contributed by atoms with Crippen LogP contribution in [0.5, 0.6) is 0 Å². The summed E-state index contributed by atoms with van der Waals surface area (Å²) in [6, 6.07) is 4.27. The first kappa shape index (κ1) is 15.5. The van der Waals surface area contributed by atoms with Crippen molar-refractivity contribution in [2.45, 2.75) is 32.6 Å². The number of hydrogen-bond acceptors (Lipinski definition) is 3. The predicted octanol–water partition coefficient (Wildman–Crippen LogP) is 2.87. The van der Waals surface area contributed by atoms with Crippen molar-refractivity contribution in [3.8, 4) is 0 Å². The topological polar surface area (TPSA) is 66.5 Å². The molecule has 0 aliphatic carbocycles. The molecule has 21 heavy (non-hydrogen) atoms. The minimum Gasteiger partial charge on any atom is -0.337 e. The number of ketones is 1. The van der Waals surface area contributed by atoms with Gasteiger partial charge in [0.25, 0.3) is 0 Å². The molecule has 6 heteroatoms. The molecule has 1 aromatic carbocycles. The summed E-state index contributed by atoms with van der Waals surface area (Å²) in [6.07, 6.45) is 1.77. The molecular formula is C15H17ClN2O3. The fraction of sp³-hybridized carbons (Fsp3) is 0.400. The molecule has 0 radical (unpaired) electrons. The van der Waals surface area contributed by atoms with E-state index in [4.69, 9.17) is 11.6 Å². The van der Waals surface area contributed by atoms with Gasteiger partial charge in [0.15, 0.2) is 0 Å². The highest BCUT2D eigenvalue weighted by Crippen LogP contribution is 2.39. The lowest BCUT2D eigenvalue weighted by Gasteiger charge is -2.16. The summed E-state index contributed by atoms with van der Waals surface area (Å²) in [4.78, 5) is 37.4. The largest absolute Gasteiger partial charge is 0.337 e. The number of nitrogens with one attached hydrogen (secondary N) is 1. The Labute approximate surface area is 128 Å². The number of imide groups is 1. The lowest BCUT2D eigenvalue weighted by molar-refractivity contribution is -0.126. The first-order chi connectivity index (χ1) is 9.97. The van der Waals surface area contributed by atoms with Gasteiger partial charge in [-0.05, 0) is 37.1 Å². The zero-order valence-corrected chi connectivity index (χ0v) is 12.7. The lowest BCUT2D eigenvalue weighted by atomic mass is 9.97. The van der Waals surface area contributed by atoms with Gasteiger partial charge in [0.2, 0.25) is 5.91 Å². The molecule has 1 aliphatic rings. The van der Waals surface area contributed by atoms with Crippen LogP contribution in [0, 0.1) is 0 Å². The number of carbonyl (C=O) groups excluding carboxylic acids is 3. The van der Waals surface area contributed by atoms with Gasteiger partial charge in [-0.3, -0.25) is 9.59 Å². The number of benzene rings is 1. The molecule has 1 heterocycles.